The summed E-state index contributed by atoms with van der Waals surface area (Å²) < 4.78 is 0. The Morgan fingerprint density at radius 3 is 2.08 bits per heavy atom. The largest absolute Gasteiger partial charge is 0.375 e. The lowest BCUT2D eigenvalue weighted by Crippen LogP contribution is -2.35. The van der Waals surface area contributed by atoms with E-state index in [9.17, 15) is 0 Å². The van der Waals surface area contributed by atoms with E-state index in [0.717, 1.165) is 5.82 Å². The second-order valence-electron chi connectivity index (χ2n) is 3.54. The van der Waals surface area contributed by atoms with Crippen LogP contribution >= 0.6 is 0 Å². The molecule has 0 saturated heterocycles. The van der Waals surface area contributed by atoms with Crippen LogP contribution in [-0.2, 0) is 0 Å². The summed E-state index contributed by atoms with van der Waals surface area (Å²) in [6, 6.07) is 0.648. The van der Waals surface area contributed by atoms with Gasteiger partial charge in [0.15, 0.2) is 0 Å². The molecule has 0 saturated carbocycles. The molecular weight excluding hydrogens is 160 g/mol. The Morgan fingerprint density at radius 2 is 1.77 bits per heavy atom. The first-order valence-electron chi connectivity index (χ1n) is 5.26. The summed E-state index contributed by atoms with van der Waals surface area (Å²) in [7, 11) is 4.04. The monoisotopic (exact) mass is 184 g/mol. The van der Waals surface area contributed by atoms with Crippen molar-refractivity contribution < 1.29 is 0 Å². The van der Waals surface area contributed by atoms with Gasteiger partial charge in [0.05, 0.1) is 5.82 Å². The first-order valence-corrected chi connectivity index (χ1v) is 5.26. The van der Waals surface area contributed by atoms with Crippen molar-refractivity contribution in [2.75, 3.05) is 14.1 Å². The predicted molar refractivity (Wildman–Crippen MR) is 59.6 cm³/mol. The third kappa shape index (κ3) is 4.20. The van der Waals surface area contributed by atoms with Crippen LogP contribution in [0.5, 0.6) is 0 Å². The average molecular weight is 184 g/mol. The van der Waals surface area contributed by atoms with E-state index in [-0.39, 0.29) is 0 Å². The normalized spacial score (nSPS) is 10.2. The topological polar surface area (TPSA) is 15.3 Å². The second kappa shape index (κ2) is 6.81. The van der Waals surface area contributed by atoms with Gasteiger partial charge in [-0.1, -0.05) is 33.3 Å². The number of hydrogen-bond donors (Lipinski definition) is 1. The van der Waals surface area contributed by atoms with E-state index in [1.54, 1.807) is 0 Å². The van der Waals surface area contributed by atoms with Gasteiger partial charge in [0.2, 0.25) is 0 Å². The maximum atomic E-state index is 3.97. The summed E-state index contributed by atoms with van der Waals surface area (Å²) in [6.07, 6.45) is 4.99. The quantitative estimate of drug-likeness (QED) is 0.654. The molecule has 0 spiro atoms. The van der Waals surface area contributed by atoms with Crippen LogP contribution in [0, 0.1) is 0 Å². The highest BCUT2D eigenvalue weighted by atomic mass is 15.2. The zero-order valence-corrected chi connectivity index (χ0v) is 9.56. The van der Waals surface area contributed by atoms with Crippen LogP contribution in [0.25, 0.3) is 0 Å². The Labute approximate surface area is 83.0 Å². The van der Waals surface area contributed by atoms with Gasteiger partial charge in [0.25, 0.3) is 0 Å². The molecule has 0 aliphatic rings. The SMILES string of the molecule is C=C(NC)N(C)C(CCC)CCC. The van der Waals surface area contributed by atoms with Gasteiger partial charge in [0, 0.05) is 20.1 Å². The number of hydrogen-bond acceptors (Lipinski definition) is 2. The molecule has 2 nitrogen and oxygen atoms in total. The van der Waals surface area contributed by atoms with Crippen LogP contribution in [0.3, 0.4) is 0 Å². The standard InChI is InChI=1S/C11H24N2/c1-6-8-11(9-7-2)13(5)10(3)12-4/h11-12H,3,6-9H2,1-2,4-5H3. The average Bonchev–Trinajstić information content (AvgIpc) is 2.15. The number of rotatable bonds is 7. The summed E-state index contributed by atoms with van der Waals surface area (Å²) >= 11 is 0. The molecule has 0 aromatic rings. The van der Waals surface area contributed by atoms with Crippen LogP contribution in [0.2, 0.25) is 0 Å². The van der Waals surface area contributed by atoms with Crippen molar-refractivity contribution in [1.29, 1.82) is 0 Å². The van der Waals surface area contributed by atoms with Crippen LogP contribution in [-0.4, -0.2) is 25.0 Å². The molecule has 0 bridgehead atoms. The zero-order valence-electron chi connectivity index (χ0n) is 9.56. The first kappa shape index (κ1) is 12.3. The van der Waals surface area contributed by atoms with Crippen molar-refractivity contribution in [3.8, 4) is 0 Å². The Hall–Kier alpha value is -0.660. The third-order valence-electron chi connectivity index (χ3n) is 2.51. The summed E-state index contributed by atoms with van der Waals surface area (Å²) in [4.78, 5) is 2.26. The van der Waals surface area contributed by atoms with Gasteiger partial charge in [-0.15, -0.1) is 0 Å². The lowest BCUT2D eigenvalue weighted by Gasteiger charge is -2.30. The van der Waals surface area contributed by atoms with Gasteiger partial charge in [-0.25, -0.2) is 0 Å². The minimum atomic E-state index is 0.648. The molecule has 0 fully saturated rings. The molecule has 78 valence electrons. The Kier molecular flexibility index (Phi) is 6.47. The molecule has 0 aliphatic carbocycles. The maximum Gasteiger partial charge on any atom is 0.0936 e. The van der Waals surface area contributed by atoms with Gasteiger partial charge in [-0.05, 0) is 12.8 Å². The van der Waals surface area contributed by atoms with Crippen molar-refractivity contribution in [3.05, 3.63) is 12.4 Å². The molecule has 0 atom stereocenters. The van der Waals surface area contributed by atoms with E-state index in [1.165, 1.54) is 25.7 Å². The van der Waals surface area contributed by atoms with Crippen molar-refractivity contribution in [2.24, 2.45) is 0 Å². The van der Waals surface area contributed by atoms with E-state index in [2.05, 4.69) is 37.7 Å². The first-order chi connectivity index (χ1) is 6.17. The second-order valence-corrected chi connectivity index (χ2v) is 3.54. The fourth-order valence-corrected chi connectivity index (χ4v) is 1.59. The van der Waals surface area contributed by atoms with E-state index >= 15 is 0 Å². The van der Waals surface area contributed by atoms with Crippen LogP contribution in [0.4, 0.5) is 0 Å². The summed E-state index contributed by atoms with van der Waals surface area (Å²) in [5, 5.41) is 3.09. The minimum absolute atomic E-state index is 0.648. The van der Waals surface area contributed by atoms with Crippen molar-refractivity contribution in [1.82, 2.24) is 10.2 Å². The molecule has 0 rings (SSSR count). The van der Waals surface area contributed by atoms with E-state index in [0.29, 0.717) is 6.04 Å². The van der Waals surface area contributed by atoms with Gasteiger partial charge < -0.3 is 10.2 Å². The van der Waals surface area contributed by atoms with Crippen molar-refractivity contribution in [2.45, 2.75) is 45.6 Å². The van der Waals surface area contributed by atoms with Crippen LogP contribution in [0.15, 0.2) is 12.4 Å². The highest BCUT2D eigenvalue weighted by Crippen LogP contribution is 2.13. The third-order valence-corrected chi connectivity index (χ3v) is 2.51. The summed E-state index contributed by atoms with van der Waals surface area (Å²) in [5.74, 6) is 1.02. The van der Waals surface area contributed by atoms with Gasteiger partial charge in [0.1, 0.15) is 0 Å². The minimum Gasteiger partial charge on any atom is -0.375 e. The number of nitrogens with zero attached hydrogens (tertiary/aromatic N) is 1. The van der Waals surface area contributed by atoms with Gasteiger partial charge in [-0.2, -0.15) is 0 Å². The molecule has 0 amide bonds. The molecule has 0 radical (unpaired) electrons. The van der Waals surface area contributed by atoms with Crippen molar-refractivity contribution in [3.63, 3.8) is 0 Å². The molecule has 1 N–H and O–H groups in total. The molecule has 0 aliphatic heterocycles. The summed E-state index contributed by atoms with van der Waals surface area (Å²) in [5.41, 5.74) is 0. The smallest absolute Gasteiger partial charge is 0.0936 e. The van der Waals surface area contributed by atoms with Crippen molar-refractivity contribution >= 4 is 0 Å². The lowest BCUT2D eigenvalue weighted by atomic mass is 10.1. The Bertz CT molecular complexity index is 137. The van der Waals surface area contributed by atoms with E-state index < -0.39 is 0 Å². The van der Waals surface area contributed by atoms with Crippen LogP contribution < -0.4 is 5.32 Å². The van der Waals surface area contributed by atoms with E-state index in [1.807, 2.05) is 7.05 Å². The zero-order chi connectivity index (χ0) is 10.3. The molecular formula is C11H24N2. The van der Waals surface area contributed by atoms with E-state index in [4.69, 9.17) is 0 Å². The highest BCUT2D eigenvalue weighted by molar-refractivity contribution is 4.91. The van der Waals surface area contributed by atoms with Gasteiger partial charge >= 0.3 is 0 Å². The predicted octanol–water partition coefficient (Wildman–Crippen LogP) is 2.58. The Morgan fingerprint density at radius 1 is 1.31 bits per heavy atom. The molecule has 0 aromatic carbocycles. The molecule has 0 unspecified atom stereocenters. The van der Waals surface area contributed by atoms with Crippen LogP contribution in [0.1, 0.15) is 39.5 Å². The highest BCUT2D eigenvalue weighted by Gasteiger charge is 2.12. The molecule has 0 heterocycles. The molecule has 2 heteroatoms. The molecule has 13 heavy (non-hydrogen) atoms. The number of nitrogens with one attached hydrogen (secondary N) is 1. The maximum absolute atomic E-state index is 3.97. The Balaban J connectivity index is 4.08. The lowest BCUT2D eigenvalue weighted by molar-refractivity contribution is 0.257. The fourth-order valence-electron chi connectivity index (χ4n) is 1.59. The molecule has 0 aromatic heterocycles. The van der Waals surface area contributed by atoms with Gasteiger partial charge in [-0.3, -0.25) is 0 Å². The summed E-state index contributed by atoms with van der Waals surface area (Å²) in [6.45, 7) is 8.44. The fraction of sp³-hybridized carbons (Fsp3) is 0.818.